The standard InChI is InChI=1S/C21H28N4O2S/c1-21(2)16-24(10-11-25(21)14-17-7-4-3-5-8-17)15-19(26)23-20(27)22-13-18-9-6-12-28-18/h3-9,12H,10-11,13-16H2,1-2H3,(H2,22,23,26,27). The number of hydrogen-bond acceptors (Lipinski definition) is 5. The number of carbonyl (C=O) groups is 2. The van der Waals surface area contributed by atoms with Crippen LogP contribution in [0.3, 0.4) is 0 Å². The molecule has 2 N–H and O–H groups in total. The van der Waals surface area contributed by atoms with Gasteiger partial charge in [-0.25, -0.2) is 4.79 Å². The highest BCUT2D eigenvalue weighted by molar-refractivity contribution is 7.09. The maximum atomic E-state index is 12.2. The number of thiophene rings is 1. The minimum Gasteiger partial charge on any atom is -0.333 e. The topological polar surface area (TPSA) is 64.7 Å². The van der Waals surface area contributed by atoms with Gasteiger partial charge in [0.2, 0.25) is 5.91 Å². The zero-order chi connectivity index (χ0) is 20.0. The van der Waals surface area contributed by atoms with Crippen LogP contribution in [0.15, 0.2) is 47.8 Å². The van der Waals surface area contributed by atoms with Crippen LogP contribution in [0.5, 0.6) is 0 Å². The van der Waals surface area contributed by atoms with E-state index in [2.05, 4.69) is 58.5 Å². The lowest BCUT2D eigenvalue weighted by molar-refractivity contribution is -0.122. The average molecular weight is 401 g/mol. The summed E-state index contributed by atoms with van der Waals surface area (Å²) >= 11 is 1.57. The molecule has 2 aromatic rings. The molecule has 0 atom stereocenters. The van der Waals surface area contributed by atoms with Gasteiger partial charge in [-0.2, -0.15) is 0 Å². The summed E-state index contributed by atoms with van der Waals surface area (Å²) in [6.45, 7) is 8.45. The normalized spacial score (nSPS) is 17.2. The Balaban J connectivity index is 1.44. The van der Waals surface area contributed by atoms with Crippen LogP contribution < -0.4 is 10.6 Å². The Morgan fingerprint density at radius 1 is 1.11 bits per heavy atom. The second-order valence-electron chi connectivity index (χ2n) is 7.74. The van der Waals surface area contributed by atoms with Crippen molar-refractivity contribution in [3.8, 4) is 0 Å². The summed E-state index contributed by atoms with van der Waals surface area (Å²) in [5, 5.41) is 7.10. The highest BCUT2D eigenvalue weighted by Gasteiger charge is 2.34. The predicted octanol–water partition coefficient (Wildman–Crippen LogP) is 2.67. The van der Waals surface area contributed by atoms with Crippen molar-refractivity contribution in [3.05, 3.63) is 58.3 Å². The molecule has 1 aromatic carbocycles. The van der Waals surface area contributed by atoms with E-state index in [0.29, 0.717) is 6.54 Å². The molecule has 0 aliphatic carbocycles. The first kappa shape index (κ1) is 20.5. The third-order valence-electron chi connectivity index (χ3n) is 4.99. The Morgan fingerprint density at radius 2 is 1.89 bits per heavy atom. The van der Waals surface area contributed by atoms with E-state index in [1.165, 1.54) is 5.56 Å². The molecule has 0 unspecified atom stereocenters. The molecule has 0 bridgehead atoms. The number of nitrogens with one attached hydrogen (secondary N) is 2. The summed E-state index contributed by atoms with van der Waals surface area (Å²) in [6.07, 6.45) is 0. The molecule has 1 aliphatic heterocycles. The summed E-state index contributed by atoms with van der Waals surface area (Å²) in [7, 11) is 0. The molecule has 0 spiro atoms. The van der Waals surface area contributed by atoms with Crippen molar-refractivity contribution in [1.82, 2.24) is 20.4 Å². The maximum absolute atomic E-state index is 12.2. The van der Waals surface area contributed by atoms with Crippen LogP contribution in [0.25, 0.3) is 0 Å². The number of urea groups is 1. The van der Waals surface area contributed by atoms with Gasteiger partial charge in [0.25, 0.3) is 0 Å². The fraction of sp³-hybridized carbons (Fsp3) is 0.429. The average Bonchev–Trinajstić information content (AvgIpc) is 3.16. The van der Waals surface area contributed by atoms with Crippen LogP contribution in [0.4, 0.5) is 4.79 Å². The monoisotopic (exact) mass is 400 g/mol. The summed E-state index contributed by atoms with van der Waals surface area (Å²) in [6, 6.07) is 13.9. The summed E-state index contributed by atoms with van der Waals surface area (Å²) < 4.78 is 0. The highest BCUT2D eigenvalue weighted by Crippen LogP contribution is 2.23. The van der Waals surface area contributed by atoms with Crippen molar-refractivity contribution in [1.29, 1.82) is 0 Å². The van der Waals surface area contributed by atoms with Crippen molar-refractivity contribution in [2.75, 3.05) is 26.2 Å². The van der Waals surface area contributed by atoms with Crippen LogP contribution in [0.1, 0.15) is 24.3 Å². The van der Waals surface area contributed by atoms with Crippen LogP contribution in [0, 0.1) is 0 Å². The Hall–Kier alpha value is -2.22. The van der Waals surface area contributed by atoms with Gasteiger partial charge in [-0.05, 0) is 30.9 Å². The van der Waals surface area contributed by atoms with Gasteiger partial charge in [0.15, 0.2) is 0 Å². The fourth-order valence-corrected chi connectivity index (χ4v) is 4.16. The van der Waals surface area contributed by atoms with E-state index in [-0.39, 0.29) is 18.0 Å². The molecule has 0 radical (unpaired) electrons. The first-order valence-electron chi connectivity index (χ1n) is 9.54. The molecular formula is C21H28N4O2S. The van der Waals surface area contributed by atoms with E-state index in [9.17, 15) is 9.59 Å². The van der Waals surface area contributed by atoms with Crippen molar-refractivity contribution in [2.24, 2.45) is 0 Å². The molecule has 0 saturated carbocycles. The summed E-state index contributed by atoms with van der Waals surface area (Å²) in [5.41, 5.74) is 1.25. The smallest absolute Gasteiger partial charge is 0.321 e. The third-order valence-corrected chi connectivity index (χ3v) is 5.87. The lowest BCUT2D eigenvalue weighted by atomic mass is 9.97. The molecular weight excluding hydrogens is 372 g/mol. The van der Waals surface area contributed by atoms with Crippen LogP contribution in [-0.4, -0.2) is 53.5 Å². The van der Waals surface area contributed by atoms with Crippen LogP contribution in [0.2, 0.25) is 0 Å². The van der Waals surface area contributed by atoms with E-state index in [1.807, 2.05) is 23.6 Å². The number of imide groups is 1. The van der Waals surface area contributed by atoms with E-state index < -0.39 is 6.03 Å². The minimum atomic E-state index is -0.444. The Labute approximate surface area is 170 Å². The number of piperazine rings is 1. The van der Waals surface area contributed by atoms with E-state index in [1.54, 1.807) is 11.3 Å². The van der Waals surface area contributed by atoms with E-state index in [0.717, 1.165) is 31.1 Å². The van der Waals surface area contributed by atoms with Crippen LogP contribution >= 0.6 is 11.3 Å². The van der Waals surface area contributed by atoms with Gasteiger partial charge in [0.05, 0.1) is 13.1 Å². The van der Waals surface area contributed by atoms with Crippen molar-refractivity contribution < 1.29 is 9.59 Å². The van der Waals surface area contributed by atoms with Gasteiger partial charge >= 0.3 is 6.03 Å². The zero-order valence-corrected chi connectivity index (χ0v) is 17.3. The summed E-state index contributed by atoms with van der Waals surface area (Å²) in [5.74, 6) is -0.268. The second-order valence-corrected chi connectivity index (χ2v) is 8.77. The molecule has 3 amide bonds. The Morgan fingerprint density at radius 3 is 2.57 bits per heavy atom. The maximum Gasteiger partial charge on any atom is 0.321 e. The van der Waals surface area contributed by atoms with Gasteiger partial charge in [-0.3, -0.25) is 19.9 Å². The lowest BCUT2D eigenvalue weighted by Gasteiger charge is -2.47. The molecule has 6 nitrogen and oxygen atoms in total. The number of amides is 3. The first-order valence-corrected chi connectivity index (χ1v) is 10.4. The molecule has 1 aromatic heterocycles. The predicted molar refractivity (Wildman–Crippen MR) is 112 cm³/mol. The van der Waals surface area contributed by atoms with Gasteiger partial charge in [0.1, 0.15) is 0 Å². The van der Waals surface area contributed by atoms with Gasteiger partial charge < -0.3 is 5.32 Å². The molecule has 1 aliphatic rings. The van der Waals surface area contributed by atoms with Crippen LogP contribution in [-0.2, 0) is 17.9 Å². The lowest BCUT2D eigenvalue weighted by Crippen LogP contribution is -2.60. The Bertz CT molecular complexity index is 777. The van der Waals surface area contributed by atoms with Crippen molar-refractivity contribution >= 4 is 23.3 Å². The molecule has 150 valence electrons. The van der Waals surface area contributed by atoms with E-state index >= 15 is 0 Å². The fourth-order valence-electron chi connectivity index (χ4n) is 3.52. The SMILES string of the molecule is CC1(C)CN(CC(=O)NC(=O)NCc2cccs2)CCN1Cc1ccccc1. The number of carbonyl (C=O) groups excluding carboxylic acids is 2. The zero-order valence-electron chi connectivity index (χ0n) is 16.5. The minimum absolute atomic E-state index is 0.0458. The molecule has 28 heavy (non-hydrogen) atoms. The van der Waals surface area contributed by atoms with Crippen molar-refractivity contribution in [2.45, 2.75) is 32.5 Å². The van der Waals surface area contributed by atoms with Crippen molar-refractivity contribution in [3.63, 3.8) is 0 Å². The molecule has 3 rings (SSSR count). The van der Waals surface area contributed by atoms with Gasteiger partial charge in [-0.1, -0.05) is 36.4 Å². The highest BCUT2D eigenvalue weighted by atomic mass is 32.1. The largest absolute Gasteiger partial charge is 0.333 e. The number of hydrogen-bond donors (Lipinski definition) is 2. The molecule has 1 saturated heterocycles. The second kappa shape index (κ2) is 9.32. The quantitative estimate of drug-likeness (QED) is 0.783. The number of benzene rings is 1. The first-order chi connectivity index (χ1) is 13.4. The van der Waals surface area contributed by atoms with Gasteiger partial charge in [-0.15, -0.1) is 11.3 Å². The third kappa shape index (κ3) is 5.89. The number of nitrogens with zero attached hydrogens (tertiary/aromatic N) is 2. The molecule has 2 heterocycles. The molecule has 1 fully saturated rings. The molecule has 7 heteroatoms. The van der Waals surface area contributed by atoms with E-state index in [4.69, 9.17) is 0 Å². The van der Waals surface area contributed by atoms with Gasteiger partial charge in [0, 0.05) is 36.6 Å². The summed E-state index contributed by atoms with van der Waals surface area (Å²) in [4.78, 5) is 29.8. The Kier molecular flexibility index (Phi) is 6.83. The number of rotatable bonds is 6.